The Balaban J connectivity index is 2.55. The van der Waals surface area contributed by atoms with Crippen LogP contribution in [0.15, 0.2) is 24.3 Å². The van der Waals surface area contributed by atoms with E-state index in [1.54, 1.807) is 7.11 Å². The minimum Gasteiger partial charge on any atom is -0.493 e. The fourth-order valence-corrected chi connectivity index (χ4v) is 1.79. The first-order valence-electron chi connectivity index (χ1n) is 6.28. The van der Waals surface area contributed by atoms with Gasteiger partial charge in [-0.25, -0.2) is 0 Å². The summed E-state index contributed by atoms with van der Waals surface area (Å²) < 4.78 is 10.9. The van der Waals surface area contributed by atoms with Gasteiger partial charge in [0.25, 0.3) is 0 Å². The predicted molar refractivity (Wildman–Crippen MR) is 72.0 cm³/mol. The molecule has 0 fully saturated rings. The number of benzene rings is 1. The van der Waals surface area contributed by atoms with Crippen LogP contribution < -0.4 is 15.2 Å². The van der Waals surface area contributed by atoms with Crippen molar-refractivity contribution in [3.8, 4) is 11.5 Å². The molecule has 1 unspecified atom stereocenters. The lowest BCUT2D eigenvalue weighted by atomic mass is 9.83. The Morgan fingerprint density at radius 2 is 1.94 bits per heavy atom. The van der Waals surface area contributed by atoms with Crippen molar-refractivity contribution >= 4 is 0 Å². The molecule has 1 aromatic rings. The summed E-state index contributed by atoms with van der Waals surface area (Å²) in [5.41, 5.74) is 5.49. The van der Waals surface area contributed by atoms with Crippen LogP contribution in [0.5, 0.6) is 11.5 Å². The van der Waals surface area contributed by atoms with Gasteiger partial charge in [0.15, 0.2) is 11.5 Å². The van der Waals surface area contributed by atoms with E-state index in [9.17, 15) is 5.11 Å². The first kappa shape index (κ1) is 14.8. The van der Waals surface area contributed by atoms with Gasteiger partial charge < -0.3 is 20.3 Å². The molecular weight excluding hydrogens is 230 g/mol. The lowest BCUT2D eigenvalue weighted by Gasteiger charge is -2.28. The zero-order valence-electron chi connectivity index (χ0n) is 11.2. The van der Waals surface area contributed by atoms with E-state index in [0.717, 1.165) is 24.3 Å². The smallest absolute Gasteiger partial charge is 0.161 e. The molecule has 0 aliphatic rings. The van der Waals surface area contributed by atoms with Crippen LogP contribution in [0, 0.1) is 5.41 Å². The summed E-state index contributed by atoms with van der Waals surface area (Å²) in [6.07, 6.45) is 1.57. The Hall–Kier alpha value is -1.26. The van der Waals surface area contributed by atoms with Crippen LogP contribution in [0.3, 0.4) is 0 Å². The van der Waals surface area contributed by atoms with E-state index >= 15 is 0 Å². The van der Waals surface area contributed by atoms with E-state index in [-0.39, 0.29) is 12.0 Å². The quantitative estimate of drug-likeness (QED) is 0.741. The number of nitrogens with two attached hydrogens (primary N) is 1. The average molecular weight is 253 g/mol. The van der Waals surface area contributed by atoms with Crippen molar-refractivity contribution in [3.63, 3.8) is 0 Å². The maximum atomic E-state index is 9.41. The number of aliphatic hydroxyl groups excluding tert-OH is 1. The second kappa shape index (κ2) is 7.24. The highest BCUT2D eigenvalue weighted by Gasteiger charge is 2.25. The second-order valence-electron chi connectivity index (χ2n) is 4.47. The molecule has 0 saturated heterocycles. The third-order valence-corrected chi connectivity index (χ3v) is 3.48. The predicted octanol–water partition coefficient (Wildman–Crippen LogP) is 1.81. The Labute approximate surface area is 109 Å². The third-order valence-electron chi connectivity index (χ3n) is 3.48. The van der Waals surface area contributed by atoms with Crippen LogP contribution in [0.25, 0.3) is 0 Å². The van der Waals surface area contributed by atoms with E-state index in [4.69, 9.17) is 15.2 Å². The Bertz CT molecular complexity index is 342. The molecule has 4 nitrogen and oxygen atoms in total. The van der Waals surface area contributed by atoms with Gasteiger partial charge in [0.05, 0.1) is 20.3 Å². The first-order chi connectivity index (χ1) is 8.71. The number of methoxy groups -OCH3 is 1. The Kier molecular flexibility index (Phi) is 5.95. The fraction of sp³-hybridized carbons (Fsp3) is 0.571. The van der Waals surface area contributed by atoms with Crippen molar-refractivity contribution in [2.45, 2.75) is 19.8 Å². The standard InChI is InChI=1S/C14H23NO3/c1-3-14(10-15,11-16)8-9-18-13-7-5-4-6-12(13)17-2/h4-7,16H,3,8-11,15H2,1-2H3. The zero-order valence-corrected chi connectivity index (χ0v) is 11.2. The maximum Gasteiger partial charge on any atom is 0.161 e. The highest BCUT2D eigenvalue weighted by molar-refractivity contribution is 5.39. The lowest BCUT2D eigenvalue weighted by Crippen LogP contribution is -2.35. The van der Waals surface area contributed by atoms with Gasteiger partial charge in [-0.15, -0.1) is 0 Å². The minimum atomic E-state index is -0.234. The zero-order chi connectivity index (χ0) is 13.4. The molecule has 102 valence electrons. The maximum absolute atomic E-state index is 9.41. The highest BCUT2D eigenvalue weighted by atomic mass is 16.5. The number of hydrogen-bond acceptors (Lipinski definition) is 4. The van der Waals surface area contributed by atoms with Crippen molar-refractivity contribution in [1.29, 1.82) is 0 Å². The molecule has 0 amide bonds. The summed E-state index contributed by atoms with van der Waals surface area (Å²) in [6.45, 7) is 3.11. The summed E-state index contributed by atoms with van der Waals surface area (Å²) in [5, 5.41) is 9.41. The van der Waals surface area contributed by atoms with E-state index in [1.165, 1.54) is 0 Å². The number of rotatable bonds is 8. The number of hydrogen-bond donors (Lipinski definition) is 2. The molecule has 4 heteroatoms. The van der Waals surface area contributed by atoms with E-state index in [1.807, 2.05) is 31.2 Å². The van der Waals surface area contributed by atoms with Crippen LogP contribution in [0.2, 0.25) is 0 Å². The molecule has 1 rings (SSSR count). The van der Waals surface area contributed by atoms with Gasteiger partial charge in [-0.2, -0.15) is 0 Å². The average Bonchev–Trinajstić information content (AvgIpc) is 2.44. The topological polar surface area (TPSA) is 64.7 Å². The van der Waals surface area contributed by atoms with Crippen LogP contribution in [-0.2, 0) is 0 Å². The SMILES string of the molecule is CCC(CN)(CO)CCOc1ccccc1OC. The molecule has 0 bridgehead atoms. The molecule has 0 radical (unpaired) electrons. The summed E-state index contributed by atoms with van der Waals surface area (Å²) in [6, 6.07) is 7.53. The normalized spacial score (nSPS) is 14.0. The molecule has 0 aliphatic carbocycles. The number of para-hydroxylation sites is 2. The van der Waals surface area contributed by atoms with Crippen LogP contribution in [-0.4, -0.2) is 32.0 Å². The van der Waals surface area contributed by atoms with Crippen molar-refractivity contribution in [2.24, 2.45) is 11.1 Å². The van der Waals surface area contributed by atoms with Crippen LogP contribution >= 0.6 is 0 Å². The van der Waals surface area contributed by atoms with E-state index < -0.39 is 0 Å². The van der Waals surface area contributed by atoms with Crippen molar-refractivity contribution in [1.82, 2.24) is 0 Å². The second-order valence-corrected chi connectivity index (χ2v) is 4.47. The van der Waals surface area contributed by atoms with Crippen molar-refractivity contribution < 1.29 is 14.6 Å². The fourth-order valence-electron chi connectivity index (χ4n) is 1.79. The molecule has 0 heterocycles. The molecule has 0 aromatic heterocycles. The van der Waals surface area contributed by atoms with Crippen molar-refractivity contribution in [3.05, 3.63) is 24.3 Å². The van der Waals surface area contributed by atoms with Crippen molar-refractivity contribution in [2.75, 3.05) is 26.9 Å². The van der Waals surface area contributed by atoms with E-state index in [0.29, 0.717) is 13.2 Å². The largest absolute Gasteiger partial charge is 0.493 e. The molecule has 0 spiro atoms. The Morgan fingerprint density at radius 1 is 1.28 bits per heavy atom. The van der Waals surface area contributed by atoms with Gasteiger partial charge in [0, 0.05) is 12.0 Å². The molecule has 18 heavy (non-hydrogen) atoms. The molecule has 1 atom stereocenters. The number of aliphatic hydroxyl groups is 1. The van der Waals surface area contributed by atoms with Gasteiger partial charge in [0.1, 0.15) is 0 Å². The minimum absolute atomic E-state index is 0.0925. The highest BCUT2D eigenvalue weighted by Crippen LogP contribution is 2.28. The molecular formula is C14H23NO3. The van der Waals surface area contributed by atoms with Gasteiger partial charge >= 0.3 is 0 Å². The molecule has 0 saturated carbocycles. The number of ether oxygens (including phenoxy) is 2. The lowest BCUT2D eigenvalue weighted by molar-refractivity contribution is 0.0977. The molecule has 3 N–H and O–H groups in total. The molecule has 1 aromatic carbocycles. The summed E-state index contributed by atoms with van der Waals surface area (Å²) in [4.78, 5) is 0. The Morgan fingerprint density at radius 3 is 2.44 bits per heavy atom. The molecule has 0 aliphatic heterocycles. The van der Waals surface area contributed by atoms with Gasteiger partial charge in [-0.05, 0) is 25.0 Å². The summed E-state index contributed by atoms with van der Waals surface area (Å²) >= 11 is 0. The third kappa shape index (κ3) is 3.62. The summed E-state index contributed by atoms with van der Waals surface area (Å²) in [5.74, 6) is 1.44. The van der Waals surface area contributed by atoms with E-state index in [2.05, 4.69) is 0 Å². The van der Waals surface area contributed by atoms with Gasteiger partial charge in [0.2, 0.25) is 0 Å². The first-order valence-corrected chi connectivity index (χ1v) is 6.28. The van der Waals surface area contributed by atoms with Crippen LogP contribution in [0.1, 0.15) is 19.8 Å². The monoisotopic (exact) mass is 253 g/mol. The van der Waals surface area contributed by atoms with Crippen LogP contribution in [0.4, 0.5) is 0 Å². The van der Waals surface area contributed by atoms with Gasteiger partial charge in [-0.3, -0.25) is 0 Å². The van der Waals surface area contributed by atoms with Gasteiger partial charge in [-0.1, -0.05) is 19.1 Å². The summed E-state index contributed by atoms with van der Waals surface area (Å²) in [7, 11) is 1.62.